The van der Waals surface area contributed by atoms with Crippen molar-refractivity contribution in [3.05, 3.63) is 23.8 Å². The van der Waals surface area contributed by atoms with Crippen LogP contribution >= 0.6 is 0 Å². The molecule has 0 N–H and O–H groups in total. The van der Waals surface area contributed by atoms with Crippen LogP contribution in [0.3, 0.4) is 0 Å². The van der Waals surface area contributed by atoms with Gasteiger partial charge in [-0.15, -0.1) is 5.92 Å². The van der Waals surface area contributed by atoms with Gasteiger partial charge in [-0.25, -0.2) is 0 Å². The van der Waals surface area contributed by atoms with Gasteiger partial charge in [0, 0.05) is 5.57 Å². The minimum atomic E-state index is -4.15. The number of hydrogen-bond acceptors (Lipinski definition) is 0. The van der Waals surface area contributed by atoms with E-state index >= 15 is 0 Å². The molecule has 70 valence electrons. The van der Waals surface area contributed by atoms with Crippen molar-refractivity contribution < 1.29 is 13.2 Å². The molecule has 0 saturated carbocycles. The van der Waals surface area contributed by atoms with Crippen LogP contribution in [0.25, 0.3) is 0 Å². The van der Waals surface area contributed by atoms with E-state index in [-0.39, 0.29) is 6.42 Å². The highest BCUT2D eigenvalue weighted by Crippen LogP contribution is 2.33. The van der Waals surface area contributed by atoms with E-state index in [9.17, 15) is 13.2 Å². The molecule has 1 atom stereocenters. The Balaban J connectivity index is 2.83. The van der Waals surface area contributed by atoms with Crippen molar-refractivity contribution in [1.29, 1.82) is 0 Å². The Hall–Kier alpha value is -1.17. The predicted octanol–water partition coefficient (Wildman–Crippen LogP) is 3.07. The van der Waals surface area contributed by atoms with Crippen LogP contribution in [0.15, 0.2) is 23.8 Å². The smallest absolute Gasteiger partial charge is 0.170 e. The second-order valence-corrected chi connectivity index (χ2v) is 2.78. The van der Waals surface area contributed by atoms with Crippen LogP contribution < -0.4 is 0 Å². The maximum absolute atomic E-state index is 12.2. The molecule has 0 aromatic carbocycles. The molecule has 3 heteroatoms. The molecule has 1 aliphatic carbocycles. The van der Waals surface area contributed by atoms with Crippen molar-refractivity contribution in [2.75, 3.05) is 0 Å². The van der Waals surface area contributed by atoms with Gasteiger partial charge in [0.2, 0.25) is 0 Å². The van der Waals surface area contributed by atoms with Crippen LogP contribution in [0.2, 0.25) is 0 Å². The number of rotatable bonds is 0. The highest BCUT2D eigenvalue weighted by Gasteiger charge is 2.37. The van der Waals surface area contributed by atoms with E-state index in [1.807, 2.05) is 0 Å². The van der Waals surface area contributed by atoms with Crippen molar-refractivity contribution >= 4 is 0 Å². The molecular weight excluding hydrogens is 177 g/mol. The summed E-state index contributed by atoms with van der Waals surface area (Å²) in [4.78, 5) is 0. The third-order valence-electron chi connectivity index (χ3n) is 1.76. The first-order chi connectivity index (χ1) is 6.04. The molecule has 13 heavy (non-hydrogen) atoms. The van der Waals surface area contributed by atoms with Crippen LogP contribution in [0.5, 0.6) is 0 Å². The summed E-state index contributed by atoms with van der Waals surface area (Å²) in [7, 11) is 0. The average molecular weight is 186 g/mol. The molecule has 1 unspecified atom stereocenters. The third-order valence-corrected chi connectivity index (χ3v) is 1.76. The van der Waals surface area contributed by atoms with Crippen molar-refractivity contribution in [2.24, 2.45) is 5.92 Å². The summed E-state index contributed by atoms with van der Waals surface area (Å²) in [5.74, 6) is 3.82. The van der Waals surface area contributed by atoms with Gasteiger partial charge in [-0.05, 0) is 13.3 Å². The van der Waals surface area contributed by atoms with Gasteiger partial charge >= 0.3 is 6.18 Å². The lowest BCUT2D eigenvalue weighted by molar-refractivity contribution is -0.160. The van der Waals surface area contributed by atoms with Gasteiger partial charge in [0.05, 0.1) is 5.92 Å². The topological polar surface area (TPSA) is 0 Å². The van der Waals surface area contributed by atoms with Crippen LogP contribution in [-0.2, 0) is 0 Å². The summed E-state index contributed by atoms with van der Waals surface area (Å²) in [6.45, 7) is 1.60. The van der Waals surface area contributed by atoms with E-state index in [1.54, 1.807) is 13.0 Å². The fourth-order valence-electron chi connectivity index (χ4n) is 1.14. The van der Waals surface area contributed by atoms with Gasteiger partial charge in [-0.2, -0.15) is 13.2 Å². The zero-order valence-electron chi connectivity index (χ0n) is 7.15. The van der Waals surface area contributed by atoms with Gasteiger partial charge in [0.15, 0.2) is 0 Å². The van der Waals surface area contributed by atoms with Crippen molar-refractivity contribution in [3.8, 4) is 11.8 Å². The lowest BCUT2D eigenvalue weighted by atomic mass is 9.96. The average Bonchev–Trinajstić information content (AvgIpc) is 2.04. The Morgan fingerprint density at radius 2 is 2.15 bits per heavy atom. The molecule has 1 rings (SSSR count). The van der Waals surface area contributed by atoms with Crippen LogP contribution in [0, 0.1) is 17.8 Å². The summed E-state index contributed by atoms with van der Waals surface area (Å²) in [6.07, 6.45) is 0.191. The predicted molar refractivity (Wildman–Crippen MR) is 44.8 cm³/mol. The zero-order chi connectivity index (χ0) is 9.90. The Morgan fingerprint density at radius 1 is 1.46 bits per heavy atom. The van der Waals surface area contributed by atoms with Crippen LogP contribution in [0.1, 0.15) is 13.3 Å². The van der Waals surface area contributed by atoms with Gasteiger partial charge in [0.25, 0.3) is 0 Å². The monoisotopic (exact) mass is 186 g/mol. The summed E-state index contributed by atoms with van der Waals surface area (Å²) in [6, 6.07) is 0. The van der Waals surface area contributed by atoms with E-state index in [0.29, 0.717) is 5.57 Å². The van der Waals surface area contributed by atoms with Crippen molar-refractivity contribution in [1.82, 2.24) is 0 Å². The quantitative estimate of drug-likeness (QED) is 0.510. The molecule has 0 aromatic heterocycles. The first-order valence-electron chi connectivity index (χ1n) is 3.92. The van der Waals surface area contributed by atoms with Gasteiger partial charge < -0.3 is 0 Å². The first-order valence-corrected chi connectivity index (χ1v) is 3.92. The summed E-state index contributed by atoms with van der Waals surface area (Å²) >= 11 is 0. The molecule has 0 heterocycles. The van der Waals surface area contributed by atoms with Crippen LogP contribution in [-0.4, -0.2) is 6.18 Å². The lowest BCUT2D eigenvalue weighted by Crippen LogP contribution is -2.21. The molecule has 0 bridgehead atoms. The minimum Gasteiger partial charge on any atom is -0.170 e. The van der Waals surface area contributed by atoms with E-state index in [2.05, 4.69) is 11.8 Å². The molecule has 0 aliphatic heterocycles. The fourth-order valence-corrected chi connectivity index (χ4v) is 1.14. The maximum atomic E-state index is 12.2. The molecule has 0 amide bonds. The Morgan fingerprint density at radius 3 is 2.69 bits per heavy atom. The zero-order valence-corrected chi connectivity index (χ0v) is 7.15. The summed E-state index contributed by atoms with van der Waals surface area (Å²) in [5.41, 5.74) is 0.455. The largest absolute Gasteiger partial charge is 0.395 e. The van der Waals surface area contributed by atoms with Gasteiger partial charge in [0.1, 0.15) is 0 Å². The maximum Gasteiger partial charge on any atom is 0.395 e. The number of hydrogen-bond donors (Lipinski definition) is 0. The first kappa shape index (κ1) is 9.91. The van der Waals surface area contributed by atoms with E-state index in [1.165, 1.54) is 12.2 Å². The SMILES string of the molecule is CC#CC1=CC(C(F)(F)F)CC=C1. The normalized spacial score (nSPS) is 21.8. The minimum absolute atomic E-state index is 0.0262. The number of alkyl halides is 3. The number of halogens is 3. The van der Waals surface area contributed by atoms with Crippen molar-refractivity contribution in [2.45, 2.75) is 19.5 Å². The lowest BCUT2D eigenvalue weighted by Gasteiger charge is -2.17. The van der Waals surface area contributed by atoms with E-state index in [4.69, 9.17) is 0 Å². The van der Waals surface area contributed by atoms with Crippen molar-refractivity contribution in [3.63, 3.8) is 0 Å². The van der Waals surface area contributed by atoms with Gasteiger partial charge in [-0.1, -0.05) is 24.1 Å². The molecule has 0 fully saturated rings. The summed E-state index contributed by atoms with van der Waals surface area (Å²) < 4.78 is 36.7. The molecule has 0 aromatic rings. The molecular formula is C10H9F3. The van der Waals surface area contributed by atoms with Gasteiger partial charge in [-0.3, -0.25) is 0 Å². The number of allylic oxidation sites excluding steroid dienone is 4. The fraction of sp³-hybridized carbons (Fsp3) is 0.400. The highest BCUT2D eigenvalue weighted by atomic mass is 19.4. The molecule has 0 radical (unpaired) electrons. The Labute approximate surface area is 75.1 Å². The molecule has 0 spiro atoms. The van der Waals surface area contributed by atoms with E-state index < -0.39 is 12.1 Å². The molecule has 1 aliphatic rings. The van der Waals surface area contributed by atoms with E-state index in [0.717, 1.165) is 0 Å². The standard InChI is InChI=1S/C10H9F3/c1-2-4-8-5-3-6-9(7-8)10(11,12)13/h3,5,7,9H,6H2,1H3. The van der Waals surface area contributed by atoms with Crippen LogP contribution in [0.4, 0.5) is 13.2 Å². The Bertz CT molecular complexity index is 296. The Kier molecular flexibility index (Phi) is 2.82. The third kappa shape index (κ3) is 2.66. The molecule has 0 nitrogen and oxygen atoms in total. The molecule has 0 saturated heterocycles. The summed E-state index contributed by atoms with van der Waals surface area (Å²) in [5, 5.41) is 0. The second kappa shape index (κ2) is 3.69. The highest BCUT2D eigenvalue weighted by molar-refractivity contribution is 5.40. The second-order valence-electron chi connectivity index (χ2n) is 2.78.